The topological polar surface area (TPSA) is 55.4 Å². The van der Waals surface area contributed by atoms with Gasteiger partial charge in [0.25, 0.3) is 0 Å². The first-order valence-electron chi connectivity index (χ1n) is 5.64. The zero-order chi connectivity index (χ0) is 13.4. The Morgan fingerprint density at radius 1 is 1.39 bits per heavy atom. The van der Waals surface area contributed by atoms with Gasteiger partial charge in [0.1, 0.15) is 6.42 Å². The molecule has 1 aromatic carbocycles. The number of benzene rings is 1. The van der Waals surface area contributed by atoms with Gasteiger partial charge in [-0.1, -0.05) is 17.9 Å². The van der Waals surface area contributed by atoms with E-state index in [0.29, 0.717) is 12.3 Å². The van der Waals surface area contributed by atoms with Crippen LogP contribution >= 0.6 is 0 Å². The summed E-state index contributed by atoms with van der Waals surface area (Å²) < 4.78 is 4.76. The van der Waals surface area contributed by atoms with Crippen LogP contribution in [-0.2, 0) is 14.3 Å². The lowest BCUT2D eigenvalue weighted by atomic mass is 10.2. The smallest absolute Gasteiger partial charge is 0.317 e. The molecule has 0 aromatic heterocycles. The standard InChI is InChI=1S/C14H15NO3/c1-3-18-14(17)9-5-7-12-6-4-8-13(10-12)15-11(2)16/h4,6,8,10H,3,9H2,1-2H3,(H,15,16). The lowest BCUT2D eigenvalue weighted by Gasteiger charge is -2.01. The second kappa shape index (κ2) is 7.13. The van der Waals surface area contributed by atoms with Crippen molar-refractivity contribution < 1.29 is 14.3 Å². The Morgan fingerprint density at radius 2 is 2.17 bits per heavy atom. The Labute approximate surface area is 106 Å². The average Bonchev–Trinajstić information content (AvgIpc) is 2.29. The molecule has 0 aliphatic rings. The van der Waals surface area contributed by atoms with Gasteiger partial charge in [-0.25, -0.2) is 0 Å². The van der Waals surface area contributed by atoms with Gasteiger partial charge in [-0.05, 0) is 25.1 Å². The molecule has 4 heteroatoms. The fraction of sp³-hybridized carbons (Fsp3) is 0.286. The van der Waals surface area contributed by atoms with E-state index in [1.165, 1.54) is 6.92 Å². The molecule has 0 aliphatic carbocycles. The molecule has 18 heavy (non-hydrogen) atoms. The van der Waals surface area contributed by atoms with Crippen LogP contribution in [0.1, 0.15) is 25.8 Å². The number of carbonyl (C=O) groups excluding carboxylic acids is 2. The molecule has 0 saturated carbocycles. The molecule has 1 aromatic rings. The molecule has 1 N–H and O–H groups in total. The van der Waals surface area contributed by atoms with Crippen molar-refractivity contribution in [3.8, 4) is 11.8 Å². The van der Waals surface area contributed by atoms with E-state index in [1.54, 1.807) is 25.1 Å². The molecule has 0 atom stereocenters. The maximum atomic E-state index is 11.1. The lowest BCUT2D eigenvalue weighted by molar-refractivity contribution is -0.141. The van der Waals surface area contributed by atoms with E-state index in [-0.39, 0.29) is 18.3 Å². The Bertz CT molecular complexity index is 497. The number of ether oxygens (including phenoxy) is 1. The van der Waals surface area contributed by atoms with Crippen LogP contribution in [0.3, 0.4) is 0 Å². The van der Waals surface area contributed by atoms with E-state index in [0.717, 1.165) is 5.56 Å². The van der Waals surface area contributed by atoms with E-state index in [4.69, 9.17) is 4.74 Å². The summed E-state index contributed by atoms with van der Waals surface area (Å²) in [6, 6.07) is 7.13. The predicted octanol–water partition coefficient (Wildman–Crippen LogP) is 1.95. The van der Waals surface area contributed by atoms with Gasteiger partial charge in [-0.3, -0.25) is 9.59 Å². The molecule has 4 nitrogen and oxygen atoms in total. The van der Waals surface area contributed by atoms with E-state index in [1.807, 2.05) is 6.07 Å². The van der Waals surface area contributed by atoms with Crippen molar-refractivity contribution in [2.24, 2.45) is 0 Å². The van der Waals surface area contributed by atoms with Crippen LogP contribution in [0.5, 0.6) is 0 Å². The van der Waals surface area contributed by atoms with Crippen molar-refractivity contribution in [1.29, 1.82) is 0 Å². The largest absolute Gasteiger partial charge is 0.465 e. The van der Waals surface area contributed by atoms with Crippen LogP contribution in [0, 0.1) is 11.8 Å². The van der Waals surface area contributed by atoms with Crippen molar-refractivity contribution >= 4 is 17.6 Å². The maximum absolute atomic E-state index is 11.1. The van der Waals surface area contributed by atoms with Crippen LogP contribution in [0.4, 0.5) is 5.69 Å². The van der Waals surface area contributed by atoms with E-state index >= 15 is 0 Å². The highest BCUT2D eigenvalue weighted by molar-refractivity contribution is 5.88. The molecule has 0 saturated heterocycles. The van der Waals surface area contributed by atoms with Gasteiger partial charge < -0.3 is 10.1 Å². The summed E-state index contributed by atoms with van der Waals surface area (Å²) in [5, 5.41) is 2.67. The summed E-state index contributed by atoms with van der Waals surface area (Å²) in [6.07, 6.45) is 0.0677. The third-order valence-electron chi connectivity index (χ3n) is 1.95. The number of hydrogen-bond acceptors (Lipinski definition) is 3. The average molecular weight is 245 g/mol. The van der Waals surface area contributed by atoms with Crippen molar-refractivity contribution in [2.75, 3.05) is 11.9 Å². The molecule has 0 heterocycles. The first kappa shape index (κ1) is 13.8. The number of esters is 1. The number of carbonyl (C=O) groups is 2. The molecular formula is C14H15NO3. The first-order valence-corrected chi connectivity index (χ1v) is 5.64. The van der Waals surface area contributed by atoms with Crippen molar-refractivity contribution in [1.82, 2.24) is 0 Å². The normalized spacial score (nSPS) is 9.00. The zero-order valence-electron chi connectivity index (χ0n) is 10.4. The fourth-order valence-electron chi connectivity index (χ4n) is 1.31. The number of nitrogens with one attached hydrogen (secondary N) is 1. The Kier molecular flexibility index (Phi) is 5.46. The van der Waals surface area contributed by atoms with Crippen molar-refractivity contribution in [3.05, 3.63) is 29.8 Å². The second-order valence-corrected chi connectivity index (χ2v) is 3.55. The minimum Gasteiger partial charge on any atom is -0.465 e. The van der Waals surface area contributed by atoms with Crippen molar-refractivity contribution in [2.45, 2.75) is 20.3 Å². The van der Waals surface area contributed by atoms with Gasteiger partial charge >= 0.3 is 5.97 Å². The van der Waals surface area contributed by atoms with Crippen LogP contribution in [0.2, 0.25) is 0 Å². The summed E-state index contributed by atoms with van der Waals surface area (Å²) in [7, 11) is 0. The molecule has 0 unspecified atom stereocenters. The van der Waals surface area contributed by atoms with Gasteiger partial charge in [-0.15, -0.1) is 0 Å². The quantitative estimate of drug-likeness (QED) is 0.654. The third-order valence-corrected chi connectivity index (χ3v) is 1.95. The molecule has 0 radical (unpaired) electrons. The summed E-state index contributed by atoms with van der Waals surface area (Å²) >= 11 is 0. The Hall–Kier alpha value is -2.28. The number of hydrogen-bond donors (Lipinski definition) is 1. The van der Waals surface area contributed by atoms with Gasteiger partial charge in [0, 0.05) is 18.2 Å². The Balaban J connectivity index is 2.64. The number of anilines is 1. The second-order valence-electron chi connectivity index (χ2n) is 3.55. The minimum absolute atomic E-state index is 0.0677. The Morgan fingerprint density at radius 3 is 2.83 bits per heavy atom. The molecule has 94 valence electrons. The van der Waals surface area contributed by atoms with Crippen LogP contribution < -0.4 is 5.32 Å². The third kappa shape index (κ3) is 5.17. The monoisotopic (exact) mass is 245 g/mol. The highest BCUT2D eigenvalue weighted by Crippen LogP contribution is 2.09. The summed E-state index contributed by atoms with van der Waals surface area (Å²) in [5.41, 5.74) is 1.43. The van der Waals surface area contributed by atoms with Gasteiger partial charge in [0.2, 0.25) is 5.91 Å². The zero-order valence-corrected chi connectivity index (χ0v) is 10.4. The van der Waals surface area contributed by atoms with Crippen molar-refractivity contribution in [3.63, 3.8) is 0 Å². The van der Waals surface area contributed by atoms with E-state index < -0.39 is 0 Å². The highest BCUT2D eigenvalue weighted by atomic mass is 16.5. The van der Waals surface area contributed by atoms with Crippen LogP contribution in [0.25, 0.3) is 0 Å². The molecule has 0 spiro atoms. The van der Waals surface area contributed by atoms with E-state index in [9.17, 15) is 9.59 Å². The van der Waals surface area contributed by atoms with Gasteiger partial charge in [0.05, 0.1) is 6.61 Å². The summed E-state index contributed by atoms with van der Waals surface area (Å²) in [5.74, 6) is 5.11. The fourth-order valence-corrected chi connectivity index (χ4v) is 1.31. The number of amides is 1. The highest BCUT2D eigenvalue weighted by Gasteiger charge is 1.97. The van der Waals surface area contributed by atoms with Gasteiger partial charge in [-0.2, -0.15) is 0 Å². The molecule has 0 aliphatic heterocycles. The predicted molar refractivity (Wildman–Crippen MR) is 68.9 cm³/mol. The van der Waals surface area contributed by atoms with E-state index in [2.05, 4.69) is 17.2 Å². The summed E-state index contributed by atoms with van der Waals surface area (Å²) in [6.45, 7) is 3.56. The molecule has 1 amide bonds. The maximum Gasteiger partial charge on any atom is 0.317 e. The lowest BCUT2D eigenvalue weighted by Crippen LogP contribution is -2.05. The van der Waals surface area contributed by atoms with Gasteiger partial charge in [0.15, 0.2) is 0 Å². The molecule has 0 bridgehead atoms. The number of rotatable bonds is 3. The SMILES string of the molecule is CCOC(=O)CC#Cc1cccc(NC(C)=O)c1. The summed E-state index contributed by atoms with van der Waals surface area (Å²) in [4.78, 5) is 22.0. The molecule has 0 fully saturated rings. The van der Waals surface area contributed by atoms with Crippen LogP contribution in [0.15, 0.2) is 24.3 Å². The molecular weight excluding hydrogens is 230 g/mol. The first-order chi connectivity index (χ1) is 8.61. The van der Waals surface area contributed by atoms with Crippen LogP contribution in [-0.4, -0.2) is 18.5 Å². The minimum atomic E-state index is -0.331. The molecule has 1 rings (SSSR count).